The van der Waals surface area contributed by atoms with Crippen molar-refractivity contribution in [1.29, 1.82) is 0 Å². The summed E-state index contributed by atoms with van der Waals surface area (Å²) in [6.07, 6.45) is 1.29. The number of aryl methyl sites for hydroxylation is 2. The first-order valence-corrected chi connectivity index (χ1v) is 8.23. The fraction of sp³-hybridized carbons (Fsp3) is 0.105. The number of hydrogen-bond acceptors (Lipinski definition) is 4. The zero-order valence-corrected chi connectivity index (χ0v) is 15.0. The quantitative estimate of drug-likeness (QED) is 0.539. The van der Waals surface area contributed by atoms with E-state index in [1.165, 1.54) is 35.0 Å². The Kier molecular flexibility index (Phi) is 4.81. The smallest absolute Gasteiger partial charge is 0.264 e. The van der Waals surface area contributed by atoms with Gasteiger partial charge in [0.25, 0.3) is 5.56 Å². The molecule has 0 saturated heterocycles. The van der Waals surface area contributed by atoms with E-state index in [9.17, 15) is 14.3 Å². The van der Waals surface area contributed by atoms with Crippen molar-refractivity contribution in [1.82, 2.24) is 9.55 Å². The van der Waals surface area contributed by atoms with Gasteiger partial charge >= 0.3 is 0 Å². The van der Waals surface area contributed by atoms with Gasteiger partial charge in [-0.15, -0.1) is 0 Å². The maximum atomic E-state index is 13.1. The van der Waals surface area contributed by atoms with Gasteiger partial charge in [-0.25, -0.2) is 4.39 Å². The summed E-state index contributed by atoms with van der Waals surface area (Å²) in [6.45, 7) is 3.89. The molecule has 132 valence electrons. The van der Waals surface area contributed by atoms with Gasteiger partial charge in [-0.2, -0.15) is 0 Å². The highest BCUT2D eigenvalue weighted by atomic mass is 32.1. The molecule has 3 rings (SSSR count). The van der Waals surface area contributed by atoms with Gasteiger partial charge in [0, 0.05) is 6.21 Å². The Hall–Kier alpha value is -3.06. The van der Waals surface area contributed by atoms with Crippen LogP contribution in [0.5, 0.6) is 5.88 Å². The fourth-order valence-corrected chi connectivity index (χ4v) is 2.85. The van der Waals surface area contributed by atoms with Gasteiger partial charge in [-0.1, -0.05) is 17.7 Å². The number of nitrogens with zero attached hydrogens (tertiary/aromatic N) is 2. The minimum absolute atomic E-state index is 0.00257. The van der Waals surface area contributed by atoms with Crippen molar-refractivity contribution in [3.8, 4) is 11.6 Å². The Morgan fingerprint density at radius 1 is 1.19 bits per heavy atom. The number of aromatic amines is 1. The summed E-state index contributed by atoms with van der Waals surface area (Å²) in [5.74, 6) is -0.778. The number of hydrogen-bond donors (Lipinski definition) is 2. The molecule has 0 spiro atoms. The summed E-state index contributed by atoms with van der Waals surface area (Å²) in [4.78, 5) is 19.0. The van der Waals surface area contributed by atoms with Crippen molar-refractivity contribution in [2.75, 3.05) is 0 Å². The Morgan fingerprint density at radius 2 is 1.88 bits per heavy atom. The number of aromatic nitrogens is 2. The van der Waals surface area contributed by atoms with E-state index in [2.05, 4.69) is 9.98 Å². The lowest BCUT2D eigenvalue weighted by molar-refractivity contribution is 0.432. The number of rotatable bonds is 3. The topological polar surface area (TPSA) is 70.4 Å². The molecule has 0 radical (unpaired) electrons. The maximum absolute atomic E-state index is 13.1. The van der Waals surface area contributed by atoms with Crippen molar-refractivity contribution < 1.29 is 9.50 Å². The third kappa shape index (κ3) is 3.48. The van der Waals surface area contributed by atoms with Crippen LogP contribution < -0.4 is 5.56 Å². The molecule has 0 amide bonds. The molecule has 2 aromatic carbocycles. The average molecular weight is 369 g/mol. The predicted molar refractivity (Wildman–Crippen MR) is 102 cm³/mol. The van der Waals surface area contributed by atoms with Gasteiger partial charge in [-0.05, 0) is 62.0 Å². The fourth-order valence-electron chi connectivity index (χ4n) is 2.57. The van der Waals surface area contributed by atoms with Crippen LogP contribution in [0.4, 0.5) is 10.1 Å². The van der Waals surface area contributed by atoms with Gasteiger partial charge in [0.2, 0.25) is 5.88 Å². The van der Waals surface area contributed by atoms with Crippen LogP contribution in [0, 0.1) is 24.4 Å². The standard InChI is InChI=1S/C19H16FN3O2S/c1-11-3-8-16(12(2)9-11)21-10-15-17(24)22-19(26)23(18(15)25)14-6-4-13(20)5-7-14/h3-10,25H,1-2H3,(H,22,24,26). The SMILES string of the molecule is Cc1ccc(N=Cc2c(O)n(-c3ccc(F)cc3)c(=S)[nH]c2=O)c(C)c1. The van der Waals surface area contributed by atoms with E-state index in [0.717, 1.165) is 11.1 Å². The molecule has 0 bridgehead atoms. The van der Waals surface area contributed by atoms with Crippen LogP contribution in [0.2, 0.25) is 0 Å². The van der Waals surface area contributed by atoms with E-state index in [4.69, 9.17) is 12.2 Å². The molecule has 0 unspecified atom stereocenters. The average Bonchev–Trinajstić information content (AvgIpc) is 2.57. The first-order valence-electron chi connectivity index (χ1n) is 7.82. The third-order valence-electron chi connectivity index (χ3n) is 3.89. The third-order valence-corrected chi connectivity index (χ3v) is 4.18. The summed E-state index contributed by atoms with van der Waals surface area (Å²) >= 11 is 5.12. The lowest BCUT2D eigenvalue weighted by atomic mass is 10.1. The number of nitrogens with one attached hydrogen (secondary N) is 1. The molecule has 1 heterocycles. The van der Waals surface area contributed by atoms with Crippen LogP contribution in [-0.2, 0) is 0 Å². The molecule has 0 saturated carbocycles. The Morgan fingerprint density at radius 3 is 2.54 bits per heavy atom. The molecule has 7 heteroatoms. The largest absolute Gasteiger partial charge is 0.494 e. The van der Waals surface area contributed by atoms with Gasteiger partial charge in [0.15, 0.2) is 4.77 Å². The summed E-state index contributed by atoms with van der Waals surface area (Å²) in [5.41, 5.74) is 2.56. The molecular weight excluding hydrogens is 353 g/mol. The van der Waals surface area contributed by atoms with Crippen molar-refractivity contribution in [2.45, 2.75) is 13.8 Å². The number of aliphatic imine (C=N–C) groups is 1. The maximum Gasteiger partial charge on any atom is 0.264 e. The molecule has 0 aliphatic heterocycles. The van der Waals surface area contributed by atoms with Crippen molar-refractivity contribution >= 4 is 24.1 Å². The first kappa shape index (κ1) is 17.8. The van der Waals surface area contributed by atoms with Gasteiger partial charge in [0.05, 0.1) is 11.4 Å². The van der Waals surface area contributed by atoms with Crippen LogP contribution in [0.3, 0.4) is 0 Å². The number of H-pyrrole nitrogens is 1. The zero-order chi connectivity index (χ0) is 18.8. The number of halogens is 1. The van der Waals surface area contributed by atoms with Crippen molar-refractivity contribution in [3.63, 3.8) is 0 Å². The van der Waals surface area contributed by atoms with Crippen LogP contribution >= 0.6 is 12.2 Å². The second-order valence-corrected chi connectivity index (χ2v) is 6.24. The summed E-state index contributed by atoms with van der Waals surface area (Å²) in [6, 6.07) is 11.1. The molecule has 0 atom stereocenters. The van der Waals surface area contributed by atoms with Crippen LogP contribution in [0.15, 0.2) is 52.3 Å². The highest BCUT2D eigenvalue weighted by molar-refractivity contribution is 7.71. The highest BCUT2D eigenvalue weighted by Crippen LogP contribution is 2.22. The summed E-state index contributed by atoms with van der Waals surface area (Å²) < 4.78 is 14.4. The van der Waals surface area contributed by atoms with Gasteiger partial charge in [0.1, 0.15) is 11.4 Å². The second kappa shape index (κ2) is 7.05. The Bertz CT molecular complexity index is 1120. The van der Waals surface area contributed by atoms with Crippen molar-refractivity contribution in [2.24, 2.45) is 4.99 Å². The molecular formula is C19H16FN3O2S. The molecule has 0 aliphatic rings. The summed E-state index contributed by atoms with van der Waals surface area (Å²) in [7, 11) is 0. The van der Waals surface area contributed by atoms with E-state index in [1.807, 2.05) is 32.0 Å². The predicted octanol–water partition coefficient (Wildman–Crippen LogP) is 4.11. The minimum Gasteiger partial charge on any atom is -0.494 e. The molecule has 0 aliphatic carbocycles. The Labute approximate surface area is 154 Å². The molecule has 5 nitrogen and oxygen atoms in total. The van der Waals surface area contributed by atoms with E-state index < -0.39 is 11.4 Å². The molecule has 2 N–H and O–H groups in total. The highest BCUT2D eigenvalue weighted by Gasteiger charge is 2.12. The van der Waals surface area contributed by atoms with Gasteiger partial charge < -0.3 is 5.11 Å². The summed E-state index contributed by atoms with van der Waals surface area (Å²) in [5, 5.41) is 10.6. The van der Waals surface area contributed by atoms with E-state index in [0.29, 0.717) is 11.4 Å². The molecule has 1 aromatic heterocycles. The van der Waals surface area contributed by atoms with Gasteiger partial charge in [-0.3, -0.25) is 19.3 Å². The lowest BCUT2D eigenvalue weighted by Gasteiger charge is -2.11. The molecule has 0 fully saturated rings. The van der Waals surface area contributed by atoms with E-state index in [-0.39, 0.29) is 16.2 Å². The van der Waals surface area contributed by atoms with E-state index >= 15 is 0 Å². The van der Waals surface area contributed by atoms with Crippen LogP contribution in [0.25, 0.3) is 5.69 Å². The number of aromatic hydroxyl groups is 1. The van der Waals surface area contributed by atoms with E-state index in [1.54, 1.807) is 0 Å². The van der Waals surface area contributed by atoms with Crippen LogP contribution in [0.1, 0.15) is 16.7 Å². The monoisotopic (exact) mass is 369 g/mol. The zero-order valence-electron chi connectivity index (χ0n) is 14.2. The molecule has 26 heavy (non-hydrogen) atoms. The van der Waals surface area contributed by atoms with Crippen molar-refractivity contribution in [3.05, 3.63) is 80.1 Å². The normalized spacial score (nSPS) is 11.2. The Balaban J connectivity index is 2.12. The first-order chi connectivity index (χ1) is 12.4. The lowest BCUT2D eigenvalue weighted by Crippen LogP contribution is -2.18. The second-order valence-electron chi connectivity index (χ2n) is 5.86. The molecule has 3 aromatic rings. The van der Waals surface area contributed by atoms with Crippen LogP contribution in [-0.4, -0.2) is 20.9 Å². The minimum atomic E-state index is -0.556. The number of benzene rings is 2.